The second kappa shape index (κ2) is 11.7. The number of fused-ring (bicyclic) bond motifs is 1. The lowest BCUT2D eigenvalue weighted by atomic mass is 10.0. The molecule has 0 spiro atoms. The predicted octanol–water partition coefficient (Wildman–Crippen LogP) is 6.52. The van der Waals surface area contributed by atoms with Crippen molar-refractivity contribution in [1.82, 2.24) is 4.90 Å². The Hall–Kier alpha value is -4.25. The summed E-state index contributed by atoms with van der Waals surface area (Å²) < 4.78 is 11.8. The smallest absolute Gasteiger partial charge is 0.257 e. The molecule has 0 saturated heterocycles. The summed E-state index contributed by atoms with van der Waals surface area (Å²) in [5, 5.41) is 3.58. The lowest BCUT2D eigenvalue weighted by molar-refractivity contribution is 0.0685. The van der Waals surface area contributed by atoms with E-state index in [4.69, 9.17) is 9.47 Å². The van der Waals surface area contributed by atoms with Crippen LogP contribution in [0.25, 0.3) is 0 Å². The minimum atomic E-state index is -0.313. The van der Waals surface area contributed by atoms with E-state index < -0.39 is 0 Å². The molecule has 0 radical (unpaired) electrons. The molecule has 0 bridgehead atoms. The fourth-order valence-electron chi connectivity index (χ4n) is 4.76. The molecule has 5 nitrogen and oxygen atoms in total. The van der Waals surface area contributed by atoms with Gasteiger partial charge in [0.2, 0.25) is 0 Å². The lowest BCUT2D eigenvalue weighted by Gasteiger charge is -2.38. The Labute approximate surface area is 218 Å². The van der Waals surface area contributed by atoms with Gasteiger partial charge in [0.25, 0.3) is 5.91 Å². The number of aryl methyl sites for hydroxylation is 1. The number of ether oxygens (including phenoxy) is 2. The first-order valence-corrected chi connectivity index (χ1v) is 12.8. The van der Waals surface area contributed by atoms with Crippen molar-refractivity contribution in [3.8, 4) is 11.5 Å². The van der Waals surface area contributed by atoms with E-state index in [-0.39, 0.29) is 12.1 Å². The number of rotatable bonds is 10. The third-order valence-electron chi connectivity index (χ3n) is 6.72. The quantitative estimate of drug-likeness (QED) is 0.256. The molecular weight excluding hydrogens is 460 g/mol. The Morgan fingerprint density at radius 1 is 0.784 bits per heavy atom. The van der Waals surface area contributed by atoms with Crippen molar-refractivity contribution in [3.63, 3.8) is 0 Å². The van der Waals surface area contributed by atoms with Crippen LogP contribution in [0.15, 0.2) is 103 Å². The van der Waals surface area contributed by atoms with Crippen LogP contribution in [0, 0.1) is 0 Å². The van der Waals surface area contributed by atoms with E-state index in [2.05, 4.69) is 41.7 Å². The Morgan fingerprint density at radius 3 is 2.19 bits per heavy atom. The molecule has 4 aromatic rings. The Balaban J connectivity index is 1.33. The van der Waals surface area contributed by atoms with Crippen LogP contribution in [-0.2, 0) is 12.8 Å². The van der Waals surface area contributed by atoms with E-state index in [0.29, 0.717) is 30.2 Å². The molecule has 1 N–H and O–H groups in total. The number of carbonyl (C=O) groups excluding carboxylic acids is 1. The summed E-state index contributed by atoms with van der Waals surface area (Å²) in [6.07, 6.45) is 2.34. The summed E-state index contributed by atoms with van der Waals surface area (Å²) in [5.74, 6) is 1.39. The van der Waals surface area contributed by atoms with Crippen LogP contribution >= 0.6 is 0 Å². The summed E-state index contributed by atoms with van der Waals surface area (Å²) in [6, 6.07) is 34.3. The van der Waals surface area contributed by atoms with Gasteiger partial charge in [-0.2, -0.15) is 0 Å². The Bertz CT molecular complexity index is 1320. The van der Waals surface area contributed by atoms with Crippen LogP contribution in [-0.4, -0.2) is 31.1 Å². The highest BCUT2D eigenvalue weighted by Crippen LogP contribution is 2.37. The van der Waals surface area contributed by atoms with Gasteiger partial charge in [-0.05, 0) is 60.2 Å². The van der Waals surface area contributed by atoms with Crippen molar-refractivity contribution in [1.29, 1.82) is 0 Å². The molecule has 5 rings (SSSR count). The number of amides is 1. The highest BCUT2D eigenvalue weighted by molar-refractivity contribution is 6.01. The Kier molecular flexibility index (Phi) is 7.70. The van der Waals surface area contributed by atoms with Crippen LogP contribution in [0.2, 0.25) is 0 Å². The minimum Gasteiger partial charge on any atom is -0.493 e. The zero-order valence-electron chi connectivity index (χ0n) is 21.1. The van der Waals surface area contributed by atoms with Crippen molar-refractivity contribution in [2.75, 3.05) is 25.6 Å². The van der Waals surface area contributed by atoms with Crippen molar-refractivity contribution in [2.24, 2.45) is 0 Å². The molecule has 0 aromatic heterocycles. The number of hydrogen-bond donors (Lipinski definition) is 1. The number of carbonyl (C=O) groups is 1. The van der Waals surface area contributed by atoms with Crippen LogP contribution in [0.5, 0.6) is 11.5 Å². The molecule has 1 atom stereocenters. The molecule has 37 heavy (non-hydrogen) atoms. The summed E-state index contributed by atoms with van der Waals surface area (Å²) in [5.41, 5.74) is 4.98. The average Bonchev–Trinajstić information content (AvgIpc) is 2.96. The second-order valence-corrected chi connectivity index (χ2v) is 9.17. The summed E-state index contributed by atoms with van der Waals surface area (Å²) in [7, 11) is 1.65. The maximum Gasteiger partial charge on any atom is 0.257 e. The number of para-hydroxylation sites is 1. The van der Waals surface area contributed by atoms with E-state index >= 15 is 0 Å². The molecular formula is C32H32N2O3. The SMILES string of the molecule is COc1cc(C2Nc3ccccc3C(=O)N2CCc2ccccc2)ccc1OCCCc1ccccc1. The van der Waals surface area contributed by atoms with Crippen LogP contribution in [0.3, 0.4) is 0 Å². The van der Waals surface area contributed by atoms with E-state index in [1.807, 2.05) is 71.6 Å². The fraction of sp³-hybridized carbons (Fsp3) is 0.219. The molecule has 1 amide bonds. The van der Waals surface area contributed by atoms with E-state index in [1.54, 1.807) is 7.11 Å². The summed E-state index contributed by atoms with van der Waals surface area (Å²) in [6.45, 7) is 1.19. The molecule has 0 fully saturated rings. The molecule has 0 saturated carbocycles. The topological polar surface area (TPSA) is 50.8 Å². The van der Waals surface area contributed by atoms with Crippen molar-refractivity contribution >= 4 is 11.6 Å². The minimum absolute atomic E-state index is 0.0236. The molecule has 4 aromatic carbocycles. The average molecular weight is 493 g/mol. The van der Waals surface area contributed by atoms with E-state index in [1.165, 1.54) is 11.1 Å². The van der Waals surface area contributed by atoms with E-state index in [0.717, 1.165) is 30.5 Å². The summed E-state index contributed by atoms with van der Waals surface area (Å²) in [4.78, 5) is 15.5. The van der Waals surface area contributed by atoms with Crippen molar-refractivity contribution < 1.29 is 14.3 Å². The first-order valence-electron chi connectivity index (χ1n) is 12.8. The van der Waals surface area contributed by atoms with Crippen LogP contribution in [0.1, 0.15) is 39.6 Å². The number of nitrogens with zero attached hydrogens (tertiary/aromatic N) is 1. The number of methoxy groups -OCH3 is 1. The van der Waals surface area contributed by atoms with Gasteiger partial charge in [0, 0.05) is 12.2 Å². The first-order chi connectivity index (χ1) is 18.2. The fourth-order valence-corrected chi connectivity index (χ4v) is 4.76. The molecule has 1 heterocycles. The number of benzene rings is 4. The highest BCUT2D eigenvalue weighted by Gasteiger charge is 2.33. The maximum absolute atomic E-state index is 13.6. The molecule has 1 unspecified atom stereocenters. The first kappa shape index (κ1) is 24.4. The van der Waals surface area contributed by atoms with Gasteiger partial charge in [-0.1, -0.05) is 78.9 Å². The second-order valence-electron chi connectivity index (χ2n) is 9.17. The molecule has 0 aliphatic carbocycles. The van der Waals surface area contributed by atoms with Gasteiger partial charge < -0.3 is 19.7 Å². The predicted molar refractivity (Wildman–Crippen MR) is 147 cm³/mol. The maximum atomic E-state index is 13.6. The molecule has 188 valence electrons. The van der Waals surface area contributed by atoms with Gasteiger partial charge in [-0.25, -0.2) is 0 Å². The highest BCUT2D eigenvalue weighted by atomic mass is 16.5. The van der Waals surface area contributed by atoms with Gasteiger partial charge in [0.05, 0.1) is 19.3 Å². The molecule has 5 heteroatoms. The number of anilines is 1. The Morgan fingerprint density at radius 2 is 1.46 bits per heavy atom. The van der Waals surface area contributed by atoms with E-state index in [9.17, 15) is 4.79 Å². The normalized spacial score (nSPS) is 14.6. The van der Waals surface area contributed by atoms with Gasteiger partial charge in [-0.15, -0.1) is 0 Å². The van der Waals surface area contributed by atoms with Gasteiger partial charge >= 0.3 is 0 Å². The van der Waals surface area contributed by atoms with Crippen LogP contribution < -0.4 is 14.8 Å². The van der Waals surface area contributed by atoms with Gasteiger partial charge in [0.15, 0.2) is 11.5 Å². The third-order valence-corrected chi connectivity index (χ3v) is 6.72. The third kappa shape index (κ3) is 5.78. The summed E-state index contributed by atoms with van der Waals surface area (Å²) >= 11 is 0. The number of nitrogens with one attached hydrogen (secondary N) is 1. The van der Waals surface area contributed by atoms with Crippen LogP contribution in [0.4, 0.5) is 5.69 Å². The number of hydrogen-bond acceptors (Lipinski definition) is 4. The molecule has 1 aliphatic heterocycles. The standard InChI is InChI=1S/C32H32N2O3/c1-36-30-23-26(18-19-29(30)37-22-10-15-24-11-4-2-5-12-24)31-33-28-17-9-8-16-27(28)32(35)34(31)21-20-25-13-6-3-7-14-25/h2-9,11-14,16-19,23,31,33H,10,15,20-22H2,1H3. The van der Waals surface area contributed by atoms with Gasteiger partial charge in [0.1, 0.15) is 6.17 Å². The monoisotopic (exact) mass is 492 g/mol. The largest absolute Gasteiger partial charge is 0.493 e. The zero-order valence-corrected chi connectivity index (χ0v) is 21.1. The molecule has 1 aliphatic rings. The van der Waals surface area contributed by atoms with Crippen molar-refractivity contribution in [3.05, 3.63) is 125 Å². The van der Waals surface area contributed by atoms with Gasteiger partial charge in [-0.3, -0.25) is 4.79 Å². The zero-order chi connectivity index (χ0) is 25.5. The lowest BCUT2D eigenvalue weighted by Crippen LogP contribution is -2.44. The van der Waals surface area contributed by atoms with Crippen molar-refractivity contribution in [2.45, 2.75) is 25.4 Å².